The third-order valence-corrected chi connectivity index (χ3v) is 11.1. The number of ether oxygens (including phenoxy) is 1. The summed E-state index contributed by atoms with van der Waals surface area (Å²) in [5.41, 5.74) is 6.13. The van der Waals surface area contributed by atoms with Crippen LogP contribution in [0.1, 0.15) is 59.7 Å². The first-order valence-corrected chi connectivity index (χ1v) is 14.0. The van der Waals surface area contributed by atoms with Crippen molar-refractivity contribution in [2.45, 2.75) is 65.6 Å². The largest absolute Gasteiger partial charge is 0.489 e. The predicted molar refractivity (Wildman–Crippen MR) is 128 cm³/mol. The maximum atomic E-state index is 6.37. The van der Waals surface area contributed by atoms with Crippen molar-refractivity contribution < 1.29 is 4.74 Å². The molecule has 28 heavy (non-hydrogen) atoms. The van der Waals surface area contributed by atoms with E-state index >= 15 is 0 Å². The number of aryl methyl sites for hydroxylation is 2. The molecule has 1 unspecified atom stereocenters. The van der Waals surface area contributed by atoms with Crippen LogP contribution >= 0.6 is 11.3 Å². The lowest BCUT2D eigenvalue weighted by molar-refractivity contribution is 0.353. The number of fused-ring (bicyclic) bond motifs is 1. The van der Waals surface area contributed by atoms with Crippen LogP contribution in [0.15, 0.2) is 36.4 Å². The lowest BCUT2D eigenvalue weighted by Crippen LogP contribution is -2.49. The van der Waals surface area contributed by atoms with Crippen molar-refractivity contribution in [1.29, 1.82) is 0 Å². The van der Waals surface area contributed by atoms with E-state index < -0.39 is 8.07 Å². The number of allylic oxidation sites excluding steroid dienone is 1. The van der Waals surface area contributed by atoms with Gasteiger partial charge in [-0.25, -0.2) is 0 Å². The molecular weight excluding hydrogens is 376 g/mol. The smallest absolute Gasteiger partial charge is 0.122 e. The molecule has 0 fully saturated rings. The Morgan fingerprint density at radius 1 is 1.14 bits per heavy atom. The lowest BCUT2D eigenvalue weighted by atomic mass is 9.85. The summed E-state index contributed by atoms with van der Waals surface area (Å²) in [6, 6.07) is 7.05. The summed E-state index contributed by atoms with van der Waals surface area (Å²) in [6.07, 6.45) is 4.26. The average Bonchev–Trinajstić information content (AvgIpc) is 3.06. The summed E-state index contributed by atoms with van der Waals surface area (Å²) in [4.78, 5) is 2.96. The molecule has 2 aromatic rings. The fraction of sp³-hybridized carbons (Fsp3) is 0.440. The van der Waals surface area contributed by atoms with E-state index in [0.29, 0.717) is 12.1 Å². The van der Waals surface area contributed by atoms with Crippen molar-refractivity contribution in [3.05, 3.63) is 62.9 Å². The maximum Gasteiger partial charge on any atom is 0.122 e. The Balaban J connectivity index is 2.22. The van der Waals surface area contributed by atoms with Crippen LogP contribution in [0, 0.1) is 13.8 Å². The fourth-order valence-electron chi connectivity index (χ4n) is 4.58. The molecule has 0 spiro atoms. The molecule has 1 aromatic heterocycles. The van der Waals surface area contributed by atoms with E-state index in [2.05, 4.69) is 85.5 Å². The predicted octanol–water partition coefficient (Wildman–Crippen LogP) is 6.88. The van der Waals surface area contributed by atoms with E-state index in [1.54, 1.807) is 4.88 Å². The highest BCUT2D eigenvalue weighted by Crippen LogP contribution is 2.47. The van der Waals surface area contributed by atoms with Crippen LogP contribution in [-0.2, 0) is 5.41 Å². The molecule has 1 nitrogen and oxygen atoms in total. The van der Waals surface area contributed by atoms with Gasteiger partial charge in [0.05, 0.1) is 8.07 Å². The SMILES string of the molecule is C=CCOc1c(C(C)(C)C)cc(C)cc1[Si](C)(C)C1C(C)=Cc2cc(C)sc21. The molecule has 1 atom stereocenters. The van der Waals surface area contributed by atoms with E-state index in [9.17, 15) is 0 Å². The normalized spacial score (nSPS) is 16.7. The van der Waals surface area contributed by atoms with Crippen molar-refractivity contribution in [3.8, 4) is 5.75 Å². The molecule has 0 N–H and O–H groups in total. The molecule has 150 valence electrons. The molecule has 3 heteroatoms. The Morgan fingerprint density at radius 3 is 2.43 bits per heavy atom. The Hall–Kier alpha value is -1.58. The Labute approximate surface area is 176 Å². The van der Waals surface area contributed by atoms with E-state index in [1.807, 2.05) is 17.4 Å². The summed E-state index contributed by atoms with van der Waals surface area (Å²) in [7, 11) is -1.90. The van der Waals surface area contributed by atoms with Crippen molar-refractivity contribution in [3.63, 3.8) is 0 Å². The zero-order valence-electron chi connectivity index (χ0n) is 18.7. The van der Waals surface area contributed by atoms with E-state index in [1.165, 1.54) is 32.3 Å². The lowest BCUT2D eigenvalue weighted by Gasteiger charge is -2.35. The first kappa shape index (κ1) is 21.1. The van der Waals surface area contributed by atoms with Gasteiger partial charge >= 0.3 is 0 Å². The Bertz CT molecular complexity index is 940. The summed E-state index contributed by atoms with van der Waals surface area (Å²) >= 11 is 1.97. The molecule has 1 aliphatic rings. The van der Waals surface area contributed by atoms with Gasteiger partial charge in [-0.1, -0.05) is 75.9 Å². The monoisotopic (exact) mass is 410 g/mol. The van der Waals surface area contributed by atoms with Gasteiger partial charge in [0, 0.05) is 15.3 Å². The summed E-state index contributed by atoms with van der Waals surface area (Å²) in [6.45, 7) is 23.1. The summed E-state index contributed by atoms with van der Waals surface area (Å²) in [5, 5.41) is 1.44. The second-order valence-corrected chi connectivity index (χ2v) is 15.6. The summed E-state index contributed by atoms with van der Waals surface area (Å²) < 4.78 is 6.37. The minimum absolute atomic E-state index is 0.0347. The highest BCUT2D eigenvalue weighted by Gasteiger charge is 2.43. The molecule has 0 amide bonds. The van der Waals surface area contributed by atoms with Crippen LogP contribution in [-0.4, -0.2) is 14.7 Å². The molecule has 1 aromatic carbocycles. The van der Waals surface area contributed by atoms with Crippen LogP contribution in [0.4, 0.5) is 0 Å². The molecule has 0 saturated carbocycles. The van der Waals surface area contributed by atoms with Gasteiger partial charge < -0.3 is 4.74 Å². The topological polar surface area (TPSA) is 9.23 Å². The molecule has 0 bridgehead atoms. The van der Waals surface area contributed by atoms with Gasteiger partial charge in [0.15, 0.2) is 0 Å². The Morgan fingerprint density at radius 2 is 1.82 bits per heavy atom. The van der Waals surface area contributed by atoms with Crippen LogP contribution in [0.25, 0.3) is 6.08 Å². The van der Waals surface area contributed by atoms with Gasteiger partial charge in [-0.2, -0.15) is 0 Å². The number of thiophene rings is 1. The third kappa shape index (κ3) is 3.67. The molecule has 1 heterocycles. The highest BCUT2D eigenvalue weighted by molar-refractivity contribution is 7.13. The quantitative estimate of drug-likeness (QED) is 0.385. The van der Waals surface area contributed by atoms with E-state index in [-0.39, 0.29) is 5.41 Å². The zero-order chi connectivity index (χ0) is 20.9. The summed E-state index contributed by atoms with van der Waals surface area (Å²) in [5.74, 6) is 1.10. The van der Waals surface area contributed by atoms with Crippen molar-refractivity contribution in [2.75, 3.05) is 6.61 Å². The van der Waals surface area contributed by atoms with Crippen molar-refractivity contribution in [2.24, 2.45) is 0 Å². The van der Waals surface area contributed by atoms with Gasteiger partial charge in [0.25, 0.3) is 0 Å². The van der Waals surface area contributed by atoms with Crippen LogP contribution < -0.4 is 9.92 Å². The number of hydrogen-bond acceptors (Lipinski definition) is 2. The molecule has 1 aliphatic carbocycles. The van der Waals surface area contributed by atoms with E-state index in [4.69, 9.17) is 4.74 Å². The van der Waals surface area contributed by atoms with Crippen LogP contribution in [0.3, 0.4) is 0 Å². The maximum absolute atomic E-state index is 6.37. The molecular formula is C25H34OSSi. The second-order valence-electron chi connectivity index (χ2n) is 9.76. The second kappa shape index (κ2) is 7.35. The molecule has 0 aliphatic heterocycles. The van der Waals surface area contributed by atoms with Gasteiger partial charge in [-0.05, 0) is 48.6 Å². The molecule has 0 saturated heterocycles. The zero-order valence-corrected chi connectivity index (χ0v) is 20.5. The Kier molecular flexibility index (Phi) is 5.54. The number of benzene rings is 1. The number of hydrogen-bond donors (Lipinski definition) is 0. The minimum Gasteiger partial charge on any atom is -0.489 e. The van der Waals surface area contributed by atoms with Gasteiger partial charge in [0.2, 0.25) is 0 Å². The standard InChI is InChI=1S/C25H34OSSi/c1-10-11-26-22-20(25(5,6)7)12-16(2)13-21(22)28(8,9)24-17(3)14-19-15-18(4)27-23(19)24/h10,12-15,24H,1,11H2,2-9H3. The van der Waals surface area contributed by atoms with Crippen molar-refractivity contribution >= 4 is 30.7 Å². The molecule has 0 radical (unpaired) electrons. The highest BCUT2D eigenvalue weighted by atomic mass is 32.1. The van der Waals surface area contributed by atoms with Gasteiger partial charge in [-0.15, -0.1) is 11.3 Å². The minimum atomic E-state index is -1.90. The van der Waals surface area contributed by atoms with Crippen molar-refractivity contribution in [1.82, 2.24) is 0 Å². The van der Waals surface area contributed by atoms with Crippen LogP contribution in [0.5, 0.6) is 5.75 Å². The molecule has 3 rings (SSSR count). The average molecular weight is 411 g/mol. The van der Waals surface area contributed by atoms with Gasteiger partial charge in [0.1, 0.15) is 12.4 Å². The van der Waals surface area contributed by atoms with Crippen LogP contribution in [0.2, 0.25) is 13.1 Å². The van der Waals surface area contributed by atoms with Gasteiger partial charge in [-0.3, -0.25) is 0 Å². The first-order chi connectivity index (χ1) is 13.0. The first-order valence-electron chi connectivity index (χ1n) is 10.1. The van der Waals surface area contributed by atoms with E-state index in [0.717, 1.165) is 5.75 Å². The fourth-order valence-corrected chi connectivity index (χ4v) is 10.5. The third-order valence-electron chi connectivity index (χ3n) is 5.82. The number of rotatable bonds is 5.